The van der Waals surface area contributed by atoms with Crippen molar-refractivity contribution in [3.8, 4) is 0 Å². The van der Waals surface area contributed by atoms with E-state index in [0.717, 1.165) is 31.1 Å². The molecule has 2 nitrogen and oxygen atoms in total. The van der Waals surface area contributed by atoms with Gasteiger partial charge in [-0.05, 0) is 80.1 Å². The smallest absolute Gasteiger partial charge is 0.338 e. The van der Waals surface area contributed by atoms with Crippen LogP contribution in [-0.4, -0.2) is 12.1 Å². The minimum absolute atomic E-state index is 0.113. The van der Waals surface area contributed by atoms with Crippen molar-refractivity contribution in [3.63, 3.8) is 0 Å². The molecule has 0 spiro atoms. The lowest BCUT2D eigenvalue weighted by Crippen LogP contribution is -2.24. The molecule has 154 valence electrons. The molecule has 0 N–H and O–H groups in total. The zero-order chi connectivity index (χ0) is 19.8. The van der Waals surface area contributed by atoms with E-state index in [9.17, 15) is 4.79 Å². The van der Waals surface area contributed by atoms with Crippen molar-refractivity contribution >= 4 is 11.5 Å². The van der Waals surface area contributed by atoms with Crippen LogP contribution < -0.4 is 0 Å². The number of rotatable bonds is 8. The molecule has 1 aromatic carbocycles. The second-order valence-corrected chi connectivity index (χ2v) is 8.90. The average molecular weight is 383 g/mol. The third-order valence-electron chi connectivity index (χ3n) is 6.87. The van der Waals surface area contributed by atoms with Gasteiger partial charge >= 0.3 is 5.97 Å². The Morgan fingerprint density at radius 2 is 1.71 bits per heavy atom. The summed E-state index contributed by atoms with van der Waals surface area (Å²) in [6.45, 7) is 4.54. The van der Waals surface area contributed by atoms with Crippen molar-refractivity contribution in [2.24, 2.45) is 11.8 Å². The molecule has 0 amide bonds. The molecule has 2 aliphatic rings. The molecule has 0 aromatic heterocycles. The van der Waals surface area contributed by atoms with E-state index in [-0.39, 0.29) is 12.1 Å². The van der Waals surface area contributed by atoms with Crippen LogP contribution in [0.1, 0.15) is 107 Å². The fourth-order valence-corrected chi connectivity index (χ4v) is 4.78. The van der Waals surface area contributed by atoms with Crippen LogP contribution >= 0.6 is 0 Å². The van der Waals surface area contributed by atoms with E-state index >= 15 is 0 Å². The standard InChI is InChI=1S/C26H38O2/c1-3-5-6-7-21-10-18-25(19-11-21)28-26(27)24-16-14-23(15-17-24)22-12-8-20(4-2)9-13-22/h12,14-17,20-21,25H,3-11,13,18-19H2,1-2H3. The van der Waals surface area contributed by atoms with Crippen molar-refractivity contribution in [2.45, 2.75) is 97.0 Å². The highest BCUT2D eigenvalue weighted by Gasteiger charge is 2.24. The van der Waals surface area contributed by atoms with Gasteiger partial charge in [0.1, 0.15) is 6.10 Å². The summed E-state index contributed by atoms with van der Waals surface area (Å²) in [6.07, 6.45) is 17.3. The Kier molecular flexibility index (Phi) is 8.18. The summed E-state index contributed by atoms with van der Waals surface area (Å²) in [5.41, 5.74) is 3.39. The molecule has 2 heteroatoms. The van der Waals surface area contributed by atoms with Crippen LogP contribution in [0.15, 0.2) is 30.3 Å². The molecule has 1 fully saturated rings. The maximum Gasteiger partial charge on any atom is 0.338 e. The molecular weight excluding hydrogens is 344 g/mol. The summed E-state index contributed by atoms with van der Waals surface area (Å²) in [5, 5.41) is 0. The van der Waals surface area contributed by atoms with Crippen LogP contribution in [0, 0.1) is 11.8 Å². The number of carbonyl (C=O) groups excluding carboxylic acids is 1. The maximum absolute atomic E-state index is 12.5. The number of hydrogen-bond donors (Lipinski definition) is 0. The van der Waals surface area contributed by atoms with Crippen molar-refractivity contribution in [1.29, 1.82) is 0 Å². The van der Waals surface area contributed by atoms with Gasteiger partial charge in [0.2, 0.25) is 0 Å². The zero-order valence-electron chi connectivity index (χ0n) is 17.9. The van der Waals surface area contributed by atoms with Gasteiger partial charge < -0.3 is 4.74 Å². The van der Waals surface area contributed by atoms with Gasteiger partial charge in [-0.3, -0.25) is 0 Å². The summed E-state index contributed by atoms with van der Waals surface area (Å²) in [6, 6.07) is 8.08. The largest absolute Gasteiger partial charge is 0.459 e. The second-order valence-electron chi connectivity index (χ2n) is 8.90. The maximum atomic E-state index is 12.5. The predicted octanol–water partition coefficient (Wildman–Crippen LogP) is 7.58. The van der Waals surface area contributed by atoms with E-state index in [0.29, 0.717) is 5.56 Å². The quantitative estimate of drug-likeness (QED) is 0.342. The fraction of sp³-hybridized carbons (Fsp3) is 0.654. The minimum Gasteiger partial charge on any atom is -0.459 e. The van der Waals surface area contributed by atoms with Gasteiger partial charge in [0.15, 0.2) is 0 Å². The van der Waals surface area contributed by atoms with Gasteiger partial charge in [-0.25, -0.2) is 4.79 Å². The molecule has 1 atom stereocenters. The molecule has 0 bridgehead atoms. The molecule has 1 saturated carbocycles. The first kappa shape index (κ1) is 21.1. The lowest BCUT2D eigenvalue weighted by Gasteiger charge is -2.28. The highest BCUT2D eigenvalue weighted by Crippen LogP contribution is 2.32. The SMILES string of the molecule is CCCCCC1CCC(OC(=O)c2ccc(C3=CCC(CC)CC3)cc2)CC1. The van der Waals surface area contributed by atoms with Gasteiger partial charge in [0, 0.05) is 0 Å². The topological polar surface area (TPSA) is 26.3 Å². The van der Waals surface area contributed by atoms with Crippen LogP contribution in [0.5, 0.6) is 0 Å². The van der Waals surface area contributed by atoms with Gasteiger partial charge in [0.05, 0.1) is 5.56 Å². The van der Waals surface area contributed by atoms with Crippen molar-refractivity contribution in [2.75, 3.05) is 0 Å². The number of benzene rings is 1. The molecule has 1 unspecified atom stereocenters. The number of unbranched alkanes of at least 4 members (excludes halogenated alkanes) is 2. The summed E-state index contributed by atoms with van der Waals surface area (Å²) in [5.74, 6) is 1.54. The summed E-state index contributed by atoms with van der Waals surface area (Å²) >= 11 is 0. The van der Waals surface area contributed by atoms with Gasteiger partial charge in [-0.15, -0.1) is 0 Å². The molecule has 28 heavy (non-hydrogen) atoms. The van der Waals surface area contributed by atoms with Crippen LogP contribution in [0.25, 0.3) is 5.57 Å². The molecule has 0 heterocycles. The van der Waals surface area contributed by atoms with Gasteiger partial charge in [-0.1, -0.05) is 64.2 Å². The molecular formula is C26H38O2. The Balaban J connectivity index is 1.46. The Hall–Kier alpha value is -1.57. The lowest BCUT2D eigenvalue weighted by atomic mass is 9.84. The second kappa shape index (κ2) is 10.8. The average Bonchev–Trinajstić information content (AvgIpc) is 2.75. The predicted molar refractivity (Wildman–Crippen MR) is 117 cm³/mol. The van der Waals surface area contributed by atoms with Crippen LogP contribution in [0.3, 0.4) is 0 Å². The van der Waals surface area contributed by atoms with E-state index in [1.807, 2.05) is 12.1 Å². The molecule has 0 aliphatic heterocycles. The Morgan fingerprint density at radius 3 is 2.32 bits per heavy atom. The first-order valence-corrected chi connectivity index (χ1v) is 11.7. The third kappa shape index (κ3) is 5.96. The first-order chi connectivity index (χ1) is 13.7. The Bertz CT molecular complexity index is 635. The first-order valence-electron chi connectivity index (χ1n) is 11.7. The van der Waals surface area contributed by atoms with E-state index in [1.54, 1.807) is 0 Å². The summed E-state index contributed by atoms with van der Waals surface area (Å²) in [4.78, 5) is 12.5. The van der Waals surface area contributed by atoms with Crippen molar-refractivity contribution < 1.29 is 9.53 Å². The highest BCUT2D eigenvalue weighted by molar-refractivity contribution is 5.90. The third-order valence-corrected chi connectivity index (χ3v) is 6.87. The number of carbonyl (C=O) groups is 1. The van der Waals surface area contributed by atoms with E-state index < -0.39 is 0 Å². The van der Waals surface area contributed by atoms with E-state index in [4.69, 9.17) is 4.74 Å². The molecule has 3 rings (SSSR count). The fourth-order valence-electron chi connectivity index (χ4n) is 4.78. The van der Waals surface area contributed by atoms with E-state index in [2.05, 4.69) is 32.1 Å². The van der Waals surface area contributed by atoms with Crippen molar-refractivity contribution in [3.05, 3.63) is 41.5 Å². The summed E-state index contributed by atoms with van der Waals surface area (Å²) < 4.78 is 5.81. The normalized spacial score (nSPS) is 25.2. The molecule has 0 radical (unpaired) electrons. The summed E-state index contributed by atoms with van der Waals surface area (Å²) in [7, 11) is 0. The van der Waals surface area contributed by atoms with Crippen molar-refractivity contribution in [1.82, 2.24) is 0 Å². The van der Waals surface area contributed by atoms with E-state index in [1.165, 1.54) is 68.9 Å². The highest BCUT2D eigenvalue weighted by atomic mass is 16.5. The minimum atomic E-state index is -0.148. The number of ether oxygens (including phenoxy) is 1. The van der Waals surface area contributed by atoms with Gasteiger partial charge in [-0.2, -0.15) is 0 Å². The molecule has 0 saturated heterocycles. The van der Waals surface area contributed by atoms with Crippen LogP contribution in [0.2, 0.25) is 0 Å². The molecule has 1 aromatic rings. The van der Waals surface area contributed by atoms with Crippen LogP contribution in [-0.2, 0) is 4.74 Å². The lowest BCUT2D eigenvalue weighted by molar-refractivity contribution is 0.0161. The number of hydrogen-bond acceptors (Lipinski definition) is 2. The molecule has 2 aliphatic carbocycles. The monoisotopic (exact) mass is 382 g/mol. The van der Waals surface area contributed by atoms with Crippen LogP contribution in [0.4, 0.5) is 0 Å². The zero-order valence-corrected chi connectivity index (χ0v) is 17.9. The van der Waals surface area contributed by atoms with Gasteiger partial charge in [0.25, 0.3) is 0 Å². The number of esters is 1. The number of allylic oxidation sites excluding steroid dienone is 2. The Morgan fingerprint density at radius 1 is 0.964 bits per heavy atom. The Labute approximate surface area is 171 Å².